The van der Waals surface area contributed by atoms with Crippen molar-refractivity contribution < 1.29 is 24.3 Å². The maximum atomic E-state index is 12.4. The van der Waals surface area contributed by atoms with E-state index in [1.165, 1.54) is 6.92 Å². The number of benzene rings is 1. The predicted octanol–water partition coefficient (Wildman–Crippen LogP) is 1.20. The number of aliphatic hydroxyl groups excluding tert-OH is 1. The van der Waals surface area contributed by atoms with Gasteiger partial charge in [-0.3, -0.25) is 4.79 Å². The second-order valence-electron chi connectivity index (χ2n) is 5.65. The highest BCUT2D eigenvalue weighted by atomic mass is 35.5. The van der Waals surface area contributed by atoms with Crippen LogP contribution in [0.4, 0.5) is 4.79 Å². The fraction of sp³-hybridized carbons (Fsp3) is 0.438. The molecular formula is C16H20ClN3O5. The monoisotopic (exact) mass is 369 g/mol. The number of hydrogen-bond donors (Lipinski definition) is 2. The molecule has 0 saturated heterocycles. The molecule has 2 rings (SSSR count). The Morgan fingerprint density at radius 1 is 1.48 bits per heavy atom. The average molecular weight is 370 g/mol. The van der Waals surface area contributed by atoms with Crippen molar-refractivity contribution in [3.05, 3.63) is 35.9 Å². The summed E-state index contributed by atoms with van der Waals surface area (Å²) in [5.41, 5.74) is 6.43. The lowest BCUT2D eigenvalue weighted by Crippen LogP contribution is -2.53. The van der Waals surface area contributed by atoms with Gasteiger partial charge in [0.25, 0.3) is 5.91 Å². The van der Waals surface area contributed by atoms with Gasteiger partial charge in [0.15, 0.2) is 6.10 Å². The van der Waals surface area contributed by atoms with Gasteiger partial charge in [-0.2, -0.15) is 0 Å². The van der Waals surface area contributed by atoms with Crippen LogP contribution < -0.4 is 5.73 Å². The summed E-state index contributed by atoms with van der Waals surface area (Å²) in [6, 6.07) is 7.76. The number of aliphatic hydroxyl groups is 1. The topological polar surface area (TPSA) is 114 Å². The molecule has 0 aromatic heterocycles. The third kappa shape index (κ3) is 5.42. The van der Waals surface area contributed by atoms with Crippen molar-refractivity contribution in [3.8, 4) is 0 Å². The van der Waals surface area contributed by atoms with E-state index in [0.717, 1.165) is 10.5 Å². The lowest BCUT2D eigenvalue weighted by molar-refractivity contribution is -0.134. The molecule has 1 aliphatic heterocycles. The Balaban J connectivity index is 2.04. The molecule has 3 N–H and O–H groups in total. The lowest BCUT2D eigenvalue weighted by atomic mass is 10.1. The average Bonchev–Trinajstić information content (AvgIpc) is 3.02. The van der Waals surface area contributed by atoms with E-state index in [9.17, 15) is 14.7 Å². The fourth-order valence-corrected chi connectivity index (χ4v) is 2.35. The van der Waals surface area contributed by atoms with Gasteiger partial charge in [0.05, 0.1) is 12.6 Å². The van der Waals surface area contributed by atoms with Crippen LogP contribution in [0.1, 0.15) is 18.9 Å². The van der Waals surface area contributed by atoms with Crippen molar-refractivity contribution in [1.82, 2.24) is 4.90 Å². The summed E-state index contributed by atoms with van der Waals surface area (Å²) >= 11 is 5.74. The highest BCUT2D eigenvalue weighted by molar-refractivity contribution is 6.65. The van der Waals surface area contributed by atoms with E-state index in [2.05, 4.69) is 5.16 Å². The molecule has 1 aromatic carbocycles. The van der Waals surface area contributed by atoms with E-state index in [1.807, 2.05) is 6.07 Å². The first-order valence-corrected chi connectivity index (χ1v) is 8.10. The molecular weight excluding hydrogens is 350 g/mol. The predicted molar refractivity (Wildman–Crippen MR) is 90.8 cm³/mol. The highest BCUT2D eigenvalue weighted by Gasteiger charge is 2.34. The molecule has 25 heavy (non-hydrogen) atoms. The van der Waals surface area contributed by atoms with E-state index < -0.39 is 30.3 Å². The quantitative estimate of drug-likeness (QED) is 0.778. The number of halogens is 1. The van der Waals surface area contributed by atoms with Gasteiger partial charge in [0.2, 0.25) is 0 Å². The molecule has 1 aliphatic rings. The number of rotatable bonds is 6. The molecule has 0 spiro atoms. The van der Waals surface area contributed by atoms with Crippen molar-refractivity contribution in [2.45, 2.75) is 38.2 Å². The second kappa shape index (κ2) is 8.80. The summed E-state index contributed by atoms with van der Waals surface area (Å²) in [5.74, 6) is -0.764. The number of amides is 2. The molecule has 136 valence electrons. The largest absolute Gasteiger partial charge is 0.444 e. The van der Waals surface area contributed by atoms with Crippen LogP contribution in [0.15, 0.2) is 35.5 Å². The number of oxime groups is 1. The third-order valence-electron chi connectivity index (χ3n) is 3.58. The first-order chi connectivity index (χ1) is 11.9. The minimum atomic E-state index is -1.26. The van der Waals surface area contributed by atoms with Crippen molar-refractivity contribution in [3.63, 3.8) is 0 Å². The van der Waals surface area contributed by atoms with E-state index in [1.54, 1.807) is 24.3 Å². The van der Waals surface area contributed by atoms with Crippen LogP contribution >= 0.6 is 11.6 Å². The molecule has 2 amide bonds. The zero-order valence-electron chi connectivity index (χ0n) is 13.7. The Kier molecular flexibility index (Phi) is 6.74. The van der Waals surface area contributed by atoms with E-state index in [-0.39, 0.29) is 24.7 Å². The first-order valence-electron chi connectivity index (χ1n) is 7.72. The third-order valence-corrected chi connectivity index (χ3v) is 3.80. The molecule has 1 unspecified atom stereocenters. The van der Waals surface area contributed by atoms with E-state index in [4.69, 9.17) is 26.9 Å². The molecule has 9 heteroatoms. The van der Waals surface area contributed by atoms with Crippen LogP contribution in [0.25, 0.3) is 0 Å². The van der Waals surface area contributed by atoms with Gasteiger partial charge < -0.3 is 20.4 Å². The Morgan fingerprint density at radius 2 is 2.16 bits per heavy atom. The van der Waals surface area contributed by atoms with Crippen LogP contribution in [-0.2, 0) is 21.0 Å². The summed E-state index contributed by atoms with van der Waals surface area (Å²) in [6.45, 7) is 1.23. The van der Waals surface area contributed by atoms with Crippen molar-refractivity contribution in [2.75, 3.05) is 6.54 Å². The summed E-state index contributed by atoms with van der Waals surface area (Å²) in [5, 5.41) is 13.4. The van der Waals surface area contributed by atoms with Crippen LogP contribution in [0, 0.1) is 0 Å². The lowest BCUT2D eigenvalue weighted by Gasteiger charge is -2.26. The molecule has 0 fully saturated rings. The molecule has 1 aromatic rings. The summed E-state index contributed by atoms with van der Waals surface area (Å²) < 4.78 is 5.18. The van der Waals surface area contributed by atoms with Crippen LogP contribution in [0.2, 0.25) is 0 Å². The fourth-order valence-electron chi connectivity index (χ4n) is 2.13. The Bertz CT molecular complexity index is 638. The van der Waals surface area contributed by atoms with Gasteiger partial charge in [-0.25, -0.2) is 9.69 Å². The Hall–Kier alpha value is -2.16. The number of carbonyl (C=O) groups excluding carboxylic acids is 2. The molecule has 0 saturated carbocycles. The number of carbonyl (C=O) groups is 2. The smallest absolute Gasteiger partial charge is 0.417 e. The molecule has 8 nitrogen and oxygen atoms in total. The molecule has 0 aliphatic carbocycles. The molecule has 1 heterocycles. The van der Waals surface area contributed by atoms with Crippen LogP contribution in [-0.4, -0.2) is 52.0 Å². The van der Waals surface area contributed by atoms with Gasteiger partial charge >= 0.3 is 6.09 Å². The van der Waals surface area contributed by atoms with Gasteiger partial charge in [0.1, 0.15) is 17.8 Å². The first kappa shape index (κ1) is 19.2. The van der Waals surface area contributed by atoms with E-state index >= 15 is 0 Å². The van der Waals surface area contributed by atoms with Gasteiger partial charge in [-0.05, 0) is 12.5 Å². The molecule has 0 radical (unpaired) electrons. The van der Waals surface area contributed by atoms with E-state index in [0.29, 0.717) is 0 Å². The zero-order valence-corrected chi connectivity index (χ0v) is 14.4. The Morgan fingerprint density at radius 3 is 2.72 bits per heavy atom. The maximum absolute atomic E-state index is 12.4. The van der Waals surface area contributed by atoms with Gasteiger partial charge in [0, 0.05) is 6.42 Å². The number of imide groups is 1. The minimum absolute atomic E-state index is 0.00382. The van der Waals surface area contributed by atoms with Crippen molar-refractivity contribution in [1.29, 1.82) is 0 Å². The summed E-state index contributed by atoms with van der Waals surface area (Å²) in [4.78, 5) is 30.7. The van der Waals surface area contributed by atoms with Crippen LogP contribution in [0.3, 0.4) is 0 Å². The minimum Gasteiger partial charge on any atom is -0.444 e. The summed E-state index contributed by atoms with van der Waals surface area (Å²) in [6.07, 6.45) is -2.32. The standard InChI is InChI=1S/C16H20ClN3O5/c1-10(21)14(18)15(22)20(8-12-7-13(17)19-25-12)16(23)24-9-11-5-3-2-4-6-11/h2-6,10,12,14,21H,7-9,18H2,1H3/t10-,12?,14+/m1/s1. The number of nitrogens with two attached hydrogens (primary N) is 1. The molecule has 0 bridgehead atoms. The molecule has 3 atom stereocenters. The number of hydrogen-bond acceptors (Lipinski definition) is 7. The summed E-state index contributed by atoms with van der Waals surface area (Å²) in [7, 11) is 0. The zero-order chi connectivity index (χ0) is 18.4. The van der Waals surface area contributed by atoms with Gasteiger partial charge in [-0.15, -0.1) is 0 Å². The van der Waals surface area contributed by atoms with Gasteiger partial charge in [-0.1, -0.05) is 47.1 Å². The maximum Gasteiger partial charge on any atom is 0.417 e. The van der Waals surface area contributed by atoms with Crippen LogP contribution in [0.5, 0.6) is 0 Å². The Labute approximate surface area is 150 Å². The van der Waals surface area contributed by atoms with Crippen molar-refractivity contribution in [2.24, 2.45) is 10.9 Å². The normalized spacial score (nSPS) is 18.7. The highest BCUT2D eigenvalue weighted by Crippen LogP contribution is 2.16. The number of ether oxygens (including phenoxy) is 1. The number of nitrogens with zero attached hydrogens (tertiary/aromatic N) is 2. The second-order valence-corrected chi connectivity index (χ2v) is 6.09. The van der Waals surface area contributed by atoms with Crippen molar-refractivity contribution >= 4 is 28.8 Å². The SMILES string of the molecule is C[C@@H](O)[C@H](N)C(=O)N(CC1CC(Cl)=NO1)C(=O)OCc1ccccc1.